The molecule has 0 aliphatic rings. The number of carboxylic acid groups (broad SMARTS) is 1. The summed E-state index contributed by atoms with van der Waals surface area (Å²) in [4.78, 5) is 23.2. The summed E-state index contributed by atoms with van der Waals surface area (Å²) < 4.78 is 0. The molecule has 4 radical (unpaired) electrons. The van der Waals surface area contributed by atoms with Gasteiger partial charge in [-0.2, -0.15) is 42.8 Å². The van der Waals surface area contributed by atoms with Crippen molar-refractivity contribution in [1.29, 1.82) is 0 Å². The molecular weight excluding hydrogens is 402 g/mol. The van der Waals surface area contributed by atoms with Crippen molar-refractivity contribution in [2.45, 2.75) is 33.2 Å². The van der Waals surface area contributed by atoms with Crippen LogP contribution in [0, 0.1) is 13.0 Å². The van der Waals surface area contributed by atoms with Crippen LogP contribution in [0.25, 0.3) is 0 Å². The Morgan fingerprint density at radius 3 is 2.04 bits per heavy atom. The summed E-state index contributed by atoms with van der Waals surface area (Å²) >= 11 is 0. The fourth-order valence-corrected chi connectivity index (χ4v) is 1.82. The van der Waals surface area contributed by atoms with Gasteiger partial charge in [0.2, 0.25) is 0 Å². The van der Waals surface area contributed by atoms with Crippen LogP contribution in [0.4, 0.5) is 0 Å². The minimum Gasteiger partial charge on any atom is -0.480 e. The molecule has 0 heterocycles. The molecule has 26 heavy (non-hydrogen) atoms. The second kappa shape index (κ2) is 18.3. The molecule has 1 atom stereocenters. The van der Waals surface area contributed by atoms with E-state index in [1.54, 1.807) is 61.5 Å². The predicted molar refractivity (Wildman–Crippen MR) is 102 cm³/mol. The molecule has 0 aromatic heterocycles. The van der Waals surface area contributed by atoms with Gasteiger partial charge in [-0.25, -0.2) is 4.79 Å². The SMILES string of the molecule is CC.O=C(N[C@@H](Cc1cc[c-]cc1)C(=O)O)c1ccccc1.[B].[CH2-]C.[Y]. The van der Waals surface area contributed by atoms with Crippen LogP contribution in [0.3, 0.4) is 0 Å². The van der Waals surface area contributed by atoms with E-state index in [0.717, 1.165) is 5.56 Å². The second-order valence-electron chi connectivity index (χ2n) is 4.34. The monoisotopic (exact) mass is 427 g/mol. The molecule has 0 aliphatic heterocycles. The molecule has 2 rings (SSSR count). The summed E-state index contributed by atoms with van der Waals surface area (Å²) in [6.07, 6.45) is 0.239. The van der Waals surface area contributed by atoms with Crippen molar-refractivity contribution in [3.05, 3.63) is 78.7 Å². The Morgan fingerprint density at radius 1 is 1.08 bits per heavy atom. The standard InChI is InChI=1S/C16H14NO3.C2H6.C2H5.B.Y/c18-15(13-9-5-2-6-10-13)17-14(16(19)20)11-12-7-3-1-4-8-12;2*1-2;;/h2-10,14H,11H2,(H,17,18)(H,19,20);1-2H3;1H2,2H3;;/q-1;;-1;;/t14-;;;;/m0..../s1. The molecule has 2 aromatic rings. The minimum absolute atomic E-state index is 0. The number of carboxylic acids is 1. The molecule has 0 aliphatic carbocycles. The van der Waals surface area contributed by atoms with Crippen LogP contribution in [0.15, 0.2) is 54.6 Å². The van der Waals surface area contributed by atoms with E-state index < -0.39 is 12.0 Å². The fraction of sp³-hybridized carbons (Fsp3) is 0.250. The third-order valence-corrected chi connectivity index (χ3v) is 2.87. The van der Waals surface area contributed by atoms with E-state index in [-0.39, 0.29) is 53.5 Å². The fourth-order valence-electron chi connectivity index (χ4n) is 1.82. The van der Waals surface area contributed by atoms with E-state index in [1.165, 1.54) is 0 Å². The molecule has 0 saturated carbocycles. The molecule has 0 unspecified atom stereocenters. The third-order valence-electron chi connectivity index (χ3n) is 2.87. The van der Waals surface area contributed by atoms with E-state index in [1.807, 2.05) is 13.8 Å². The molecule has 1 amide bonds. The first-order valence-corrected chi connectivity index (χ1v) is 7.91. The van der Waals surface area contributed by atoms with Gasteiger partial charge in [-0.1, -0.05) is 32.0 Å². The van der Waals surface area contributed by atoms with Crippen molar-refractivity contribution in [2.24, 2.45) is 0 Å². The summed E-state index contributed by atoms with van der Waals surface area (Å²) in [7, 11) is 0. The van der Waals surface area contributed by atoms with Crippen LogP contribution in [-0.4, -0.2) is 31.4 Å². The number of aliphatic carboxylic acids is 1. The molecule has 0 bridgehead atoms. The average Bonchev–Trinajstić information content (AvgIpc) is 2.66. The molecule has 6 heteroatoms. The number of carbonyl (C=O) groups excluding carboxylic acids is 1. The van der Waals surface area contributed by atoms with Gasteiger partial charge in [0.15, 0.2) is 0 Å². The topological polar surface area (TPSA) is 66.4 Å². The molecule has 2 aromatic carbocycles. The number of hydrogen-bond donors (Lipinski definition) is 2. The van der Waals surface area contributed by atoms with Gasteiger partial charge in [0, 0.05) is 46.7 Å². The Labute approximate surface area is 184 Å². The Morgan fingerprint density at radius 2 is 1.58 bits per heavy atom. The molecule has 2 N–H and O–H groups in total. The quantitative estimate of drug-likeness (QED) is 0.568. The van der Waals surface area contributed by atoms with Gasteiger partial charge in [0.05, 0.1) is 0 Å². The zero-order chi connectivity index (χ0) is 18.4. The largest absolute Gasteiger partial charge is 0.480 e. The zero-order valence-electron chi connectivity index (χ0n) is 15.6. The first kappa shape index (κ1) is 29.3. The Balaban J connectivity index is -0.000000824. The second-order valence-corrected chi connectivity index (χ2v) is 4.34. The maximum Gasteiger partial charge on any atom is 0.326 e. The summed E-state index contributed by atoms with van der Waals surface area (Å²) in [5, 5.41) is 11.7. The van der Waals surface area contributed by atoms with Crippen LogP contribution in [-0.2, 0) is 43.9 Å². The van der Waals surface area contributed by atoms with E-state index in [0.29, 0.717) is 5.56 Å². The summed E-state index contributed by atoms with van der Waals surface area (Å²) in [6.45, 7) is 9.00. The van der Waals surface area contributed by atoms with Crippen molar-refractivity contribution in [2.75, 3.05) is 0 Å². The Hall–Kier alpha value is -1.45. The normalized spacial score (nSPS) is 9.38. The van der Waals surface area contributed by atoms with Gasteiger partial charge >= 0.3 is 5.97 Å². The number of benzene rings is 2. The summed E-state index contributed by atoms with van der Waals surface area (Å²) in [5.41, 5.74) is 1.28. The van der Waals surface area contributed by atoms with Crippen molar-refractivity contribution >= 4 is 20.3 Å². The van der Waals surface area contributed by atoms with Gasteiger partial charge < -0.3 is 17.3 Å². The molecular formula is C20H25BNO3Y-2. The van der Waals surface area contributed by atoms with Gasteiger partial charge in [0.25, 0.3) is 5.91 Å². The van der Waals surface area contributed by atoms with E-state index in [9.17, 15) is 14.7 Å². The molecule has 136 valence electrons. The smallest absolute Gasteiger partial charge is 0.326 e. The minimum atomic E-state index is -1.05. The molecule has 0 spiro atoms. The van der Waals surface area contributed by atoms with E-state index in [2.05, 4.69) is 18.3 Å². The van der Waals surface area contributed by atoms with E-state index >= 15 is 0 Å². The zero-order valence-corrected chi connectivity index (χ0v) is 18.4. The van der Waals surface area contributed by atoms with Gasteiger partial charge in [-0.3, -0.25) is 4.79 Å². The van der Waals surface area contributed by atoms with Crippen LogP contribution in [0.2, 0.25) is 0 Å². The van der Waals surface area contributed by atoms with Crippen LogP contribution in [0.5, 0.6) is 0 Å². The third kappa shape index (κ3) is 11.2. The summed E-state index contributed by atoms with van der Waals surface area (Å²) in [6, 6.07) is 17.5. The molecule has 0 fully saturated rings. The molecule has 0 saturated heterocycles. The maximum absolute atomic E-state index is 12.0. The predicted octanol–water partition coefficient (Wildman–Crippen LogP) is 3.40. The number of rotatable bonds is 5. The van der Waals surface area contributed by atoms with Gasteiger partial charge in [-0.05, 0) is 18.6 Å². The van der Waals surface area contributed by atoms with Crippen molar-refractivity contribution < 1.29 is 47.4 Å². The van der Waals surface area contributed by atoms with Crippen molar-refractivity contribution in [3.8, 4) is 0 Å². The number of amides is 1. The number of carbonyl (C=O) groups is 2. The van der Waals surface area contributed by atoms with Crippen LogP contribution < -0.4 is 5.32 Å². The van der Waals surface area contributed by atoms with Crippen LogP contribution >= 0.6 is 0 Å². The first-order chi connectivity index (χ1) is 11.7. The van der Waals surface area contributed by atoms with Gasteiger partial charge in [0.1, 0.15) is 6.04 Å². The first-order valence-electron chi connectivity index (χ1n) is 7.91. The Bertz CT molecular complexity index is 595. The summed E-state index contributed by atoms with van der Waals surface area (Å²) in [5.74, 6) is -1.44. The van der Waals surface area contributed by atoms with Crippen LogP contribution in [0.1, 0.15) is 36.7 Å². The maximum atomic E-state index is 12.0. The number of nitrogens with one attached hydrogen (secondary N) is 1. The van der Waals surface area contributed by atoms with Crippen molar-refractivity contribution in [3.63, 3.8) is 0 Å². The number of hydrogen-bond acceptors (Lipinski definition) is 2. The average molecular weight is 427 g/mol. The van der Waals surface area contributed by atoms with Gasteiger partial charge in [-0.15, -0.1) is 0 Å². The Kier molecular flexibility index (Phi) is 20.7. The van der Waals surface area contributed by atoms with Crippen molar-refractivity contribution in [1.82, 2.24) is 5.32 Å². The van der Waals surface area contributed by atoms with E-state index in [4.69, 9.17) is 0 Å². The molecule has 4 nitrogen and oxygen atoms in total.